The molecule has 17 heavy (non-hydrogen) atoms. The number of thioether (sulfide) groups is 1. The lowest BCUT2D eigenvalue weighted by Gasteiger charge is -2.03. The van der Waals surface area contributed by atoms with Crippen molar-refractivity contribution in [1.29, 1.82) is 5.26 Å². The highest BCUT2D eigenvalue weighted by Gasteiger charge is 2.03. The largest absolute Gasteiger partial charge is 0.392 e. The maximum atomic E-state index is 9.02. The minimum absolute atomic E-state index is 0.0168. The third-order valence-corrected chi connectivity index (χ3v) is 3.60. The number of hydrogen-bond donors (Lipinski definition) is 2. The molecular weight excluding hydrogens is 254 g/mol. The second kappa shape index (κ2) is 5.68. The van der Waals surface area contributed by atoms with Crippen molar-refractivity contribution in [3.05, 3.63) is 36.0 Å². The Morgan fingerprint density at radius 3 is 3.18 bits per heavy atom. The SMILES string of the molecule is N#CSc1cnc(Nc2cccc(CO)c2)s1. The van der Waals surface area contributed by atoms with E-state index in [9.17, 15) is 0 Å². The van der Waals surface area contributed by atoms with E-state index in [2.05, 4.69) is 10.3 Å². The standard InChI is InChI=1S/C11H9N3OS2/c12-7-16-10-5-13-11(17-10)14-9-3-1-2-8(4-9)6-15/h1-5,15H,6H2,(H,13,14). The summed E-state index contributed by atoms with van der Waals surface area (Å²) in [6.45, 7) is 0.0168. The molecule has 0 aliphatic heterocycles. The number of thiocyanates is 1. The van der Waals surface area contributed by atoms with E-state index in [0.29, 0.717) is 0 Å². The highest BCUT2D eigenvalue weighted by Crippen LogP contribution is 2.29. The summed E-state index contributed by atoms with van der Waals surface area (Å²) in [5, 5.41) is 23.4. The van der Waals surface area contributed by atoms with Crippen LogP contribution >= 0.6 is 23.1 Å². The summed E-state index contributed by atoms with van der Waals surface area (Å²) >= 11 is 2.52. The zero-order valence-electron chi connectivity index (χ0n) is 8.75. The predicted molar refractivity (Wildman–Crippen MR) is 69.2 cm³/mol. The first kappa shape index (κ1) is 11.9. The third-order valence-electron chi connectivity index (χ3n) is 1.99. The summed E-state index contributed by atoms with van der Waals surface area (Å²) in [5.41, 5.74) is 1.72. The van der Waals surface area contributed by atoms with Gasteiger partial charge in [0.15, 0.2) is 5.13 Å². The van der Waals surface area contributed by atoms with Crippen LogP contribution in [0, 0.1) is 10.7 Å². The molecule has 0 spiro atoms. The lowest BCUT2D eigenvalue weighted by Crippen LogP contribution is -1.90. The number of anilines is 2. The number of benzene rings is 1. The van der Waals surface area contributed by atoms with E-state index in [0.717, 1.165) is 32.4 Å². The molecular formula is C11H9N3OS2. The Morgan fingerprint density at radius 1 is 1.53 bits per heavy atom. The first-order valence-corrected chi connectivity index (χ1v) is 6.43. The number of nitrogens with zero attached hydrogens (tertiary/aromatic N) is 2. The van der Waals surface area contributed by atoms with Gasteiger partial charge in [-0.15, -0.1) is 0 Å². The average molecular weight is 263 g/mol. The minimum atomic E-state index is 0.0168. The molecule has 1 aromatic carbocycles. The van der Waals surface area contributed by atoms with Crippen LogP contribution in [0.3, 0.4) is 0 Å². The summed E-state index contributed by atoms with van der Waals surface area (Å²) < 4.78 is 0.855. The number of aliphatic hydroxyl groups excluding tert-OH is 1. The Morgan fingerprint density at radius 2 is 2.41 bits per heavy atom. The molecule has 0 bridgehead atoms. The molecule has 6 heteroatoms. The molecule has 2 rings (SSSR count). The van der Waals surface area contributed by atoms with Gasteiger partial charge in [-0.2, -0.15) is 5.26 Å². The van der Waals surface area contributed by atoms with Crippen LogP contribution < -0.4 is 5.32 Å². The van der Waals surface area contributed by atoms with E-state index in [-0.39, 0.29) is 6.61 Å². The number of aromatic nitrogens is 1. The number of thiazole rings is 1. The lowest BCUT2D eigenvalue weighted by molar-refractivity contribution is 0.282. The van der Waals surface area contributed by atoms with E-state index in [1.54, 1.807) is 6.20 Å². The third kappa shape index (κ3) is 3.20. The summed E-state index contributed by atoms with van der Waals surface area (Å²) in [6, 6.07) is 7.48. The van der Waals surface area contributed by atoms with Crippen molar-refractivity contribution in [2.24, 2.45) is 0 Å². The maximum Gasteiger partial charge on any atom is 0.188 e. The molecule has 2 aromatic rings. The van der Waals surface area contributed by atoms with Gasteiger partial charge in [-0.3, -0.25) is 0 Å². The van der Waals surface area contributed by atoms with Gasteiger partial charge in [0.05, 0.1) is 17.0 Å². The monoisotopic (exact) mass is 263 g/mol. The molecule has 0 aliphatic carbocycles. The molecule has 0 saturated heterocycles. The molecule has 0 unspecified atom stereocenters. The van der Waals surface area contributed by atoms with E-state index in [4.69, 9.17) is 10.4 Å². The van der Waals surface area contributed by atoms with Crippen LogP contribution in [0.5, 0.6) is 0 Å². The Labute approximate surface area is 107 Å². The van der Waals surface area contributed by atoms with E-state index in [1.165, 1.54) is 11.3 Å². The summed E-state index contributed by atoms with van der Waals surface area (Å²) in [7, 11) is 0. The Hall–Kier alpha value is -1.55. The molecule has 0 fully saturated rings. The normalized spacial score (nSPS) is 9.88. The number of rotatable bonds is 4. The van der Waals surface area contributed by atoms with Crippen molar-refractivity contribution in [2.45, 2.75) is 10.8 Å². The zero-order valence-corrected chi connectivity index (χ0v) is 10.4. The molecule has 86 valence electrons. The molecule has 0 aliphatic rings. The van der Waals surface area contributed by atoms with Gasteiger partial charge in [-0.05, 0) is 17.7 Å². The highest BCUT2D eigenvalue weighted by atomic mass is 32.2. The van der Waals surface area contributed by atoms with Crippen LogP contribution in [0.1, 0.15) is 5.56 Å². The molecule has 1 heterocycles. The number of aliphatic hydroxyl groups is 1. The Kier molecular flexibility index (Phi) is 3.98. The highest BCUT2D eigenvalue weighted by molar-refractivity contribution is 8.05. The molecule has 0 saturated carbocycles. The van der Waals surface area contributed by atoms with E-state index in [1.807, 2.05) is 29.7 Å². The summed E-state index contributed by atoms with van der Waals surface area (Å²) in [4.78, 5) is 4.16. The van der Waals surface area contributed by atoms with Crippen LogP contribution in [0.15, 0.2) is 34.7 Å². The average Bonchev–Trinajstić information content (AvgIpc) is 2.77. The van der Waals surface area contributed by atoms with Crippen LogP contribution in [0.25, 0.3) is 0 Å². The fraction of sp³-hybridized carbons (Fsp3) is 0.0909. The van der Waals surface area contributed by atoms with Crippen LogP contribution in [-0.4, -0.2) is 10.1 Å². The number of nitrogens with one attached hydrogen (secondary N) is 1. The topological polar surface area (TPSA) is 68.9 Å². The number of nitriles is 1. The van der Waals surface area contributed by atoms with Crippen LogP contribution in [0.4, 0.5) is 10.8 Å². The predicted octanol–water partition coefficient (Wildman–Crippen LogP) is 2.95. The first-order chi connectivity index (χ1) is 8.31. The molecule has 2 N–H and O–H groups in total. The zero-order chi connectivity index (χ0) is 12.1. The number of hydrogen-bond acceptors (Lipinski definition) is 6. The quantitative estimate of drug-likeness (QED) is 0.655. The van der Waals surface area contributed by atoms with Crippen molar-refractivity contribution in [3.63, 3.8) is 0 Å². The lowest BCUT2D eigenvalue weighted by atomic mass is 10.2. The van der Waals surface area contributed by atoms with Gasteiger partial charge in [0, 0.05) is 17.4 Å². The molecule has 4 nitrogen and oxygen atoms in total. The van der Waals surface area contributed by atoms with Gasteiger partial charge in [0.25, 0.3) is 0 Å². The van der Waals surface area contributed by atoms with Gasteiger partial charge in [-0.25, -0.2) is 4.98 Å². The molecule has 0 amide bonds. The van der Waals surface area contributed by atoms with Crippen molar-refractivity contribution < 1.29 is 5.11 Å². The first-order valence-electron chi connectivity index (χ1n) is 4.80. The Bertz CT molecular complexity index is 548. The summed E-state index contributed by atoms with van der Waals surface area (Å²) in [6.07, 6.45) is 1.66. The van der Waals surface area contributed by atoms with Gasteiger partial charge in [-0.1, -0.05) is 23.5 Å². The van der Waals surface area contributed by atoms with Gasteiger partial charge in [0.1, 0.15) is 5.40 Å². The Balaban J connectivity index is 2.11. The van der Waals surface area contributed by atoms with Crippen molar-refractivity contribution in [2.75, 3.05) is 5.32 Å². The maximum absolute atomic E-state index is 9.02. The molecule has 0 atom stereocenters. The molecule has 0 radical (unpaired) electrons. The molecule has 1 aromatic heterocycles. The fourth-order valence-electron chi connectivity index (χ4n) is 1.28. The van der Waals surface area contributed by atoms with E-state index < -0.39 is 0 Å². The van der Waals surface area contributed by atoms with Gasteiger partial charge >= 0.3 is 0 Å². The fourth-order valence-corrected chi connectivity index (χ4v) is 2.56. The van der Waals surface area contributed by atoms with Crippen LogP contribution in [0.2, 0.25) is 0 Å². The van der Waals surface area contributed by atoms with Crippen molar-refractivity contribution in [3.8, 4) is 5.40 Å². The van der Waals surface area contributed by atoms with Crippen molar-refractivity contribution >= 4 is 33.9 Å². The second-order valence-electron chi connectivity index (χ2n) is 3.16. The van der Waals surface area contributed by atoms with Crippen LogP contribution in [-0.2, 0) is 6.61 Å². The van der Waals surface area contributed by atoms with Gasteiger partial charge < -0.3 is 10.4 Å². The summed E-state index contributed by atoms with van der Waals surface area (Å²) in [5.74, 6) is 0. The van der Waals surface area contributed by atoms with Gasteiger partial charge in [0.2, 0.25) is 0 Å². The van der Waals surface area contributed by atoms with E-state index >= 15 is 0 Å². The minimum Gasteiger partial charge on any atom is -0.392 e. The van der Waals surface area contributed by atoms with Crippen molar-refractivity contribution in [1.82, 2.24) is 4.98 Å². The second-order valence-corrected chi connectivity index (χ2v) is 5.28. The smallest absolute Gasteiger partial charge is 0.188 e.